The van der Waals surface area contributed by atoms with E-state index >= 15 is 0 Å². The van der Waals surface area contributed by atoms with E-state index in [1.54, 1.807) is 0 Å². The molecule has 1 aliphatic carbocycles. The Labute approximate surface area is 88.0 Å². The number of hydrogen-bond donors (Lipinski definition) is 1. The Bertz CT molecular complexity index is 320. The molecule has 1 N–H and O–H groups in total. The molecule has 0 heterocycles. The van der Waals surface area contributed by atoms with Crippen LogP contribution in [0.5, 0.6) is 0 Å². The van der Waals surface area contributed by atoms with Gasteiger partial charge in [0.05, 0.1) is 6.26 Å². The highest BCUT2D eigenvalue weighted by molar-refractivity contribution is 7.88. The quantitative estimate of drug-likeness (QED) is 0.551. The Morgan fingerprint density at radius 2 is 1.87 bits per heavy atom. The first-order valence-corrected chi connectivity index (χ1v) is 6.54. The highest BCUT2D eigenvalue weighted by Crippen LogP contribution is 2.21. The van der Waals surface area contributed by atoms with Gasteiger partial charge in [0.25, 0.3) is 5.09 Å². The molecule has 0 atom stereocenters. The molecule has 1 fully saturated rings. The summed E-state index contributed by atoms with van der Waals surface area (Å²) in [4.78, 5) is 14.5. The molecule has 7 nitrogen and oxygen atoms in total. The molecule has 8 heteroatoms. The van der Waals surface area contributed by atoms with E-state index in [0.29, 0.717) is 25.7 Å². The molecule has 0 bridgehead atoms. The Morgan fingerprint density at radius 1 is 1.33 bits per heavy atom. The van der Waals surface area contributed by atoms with E-state index in [0.717, 1.165) is 6.26 Å². The predicted molar refractivity (Wildman–Crippen MR) is 52.1 cm³/mol. The molecule has 1 saturated carbocycles. The van der Waals surface area contributed by atoms with Gasteiger partial charge >= 0.3 is 0 Å². The van der Waals surface area contributed by atoms with Crippen molar-refractivity contribution in [2.24, 2.45) is 0 Å². The zero-order valence-electron chi connectivity index (χ0n) is 8.38. The number of nitrogens with zero attached hydrogens (tertiary/aromatic N) is 1. The first-order valence-electron chi connectivity index (χ1n) is 4.65. The average molecular weight is 238 g/mol. The summed E-state index contributed by atoms with van der Waals surface area (Å²) >= 11 is 0. The summed E-state index contributed by atoms with van der Waals surface area (Å²) in [5, 5.41) is 9.25. The molecular weight excluding hydrogens is 224 g/mol. The summed E-state index contributed by atoms with van der Waals surface area (Å²) in [6.07, 6.45) is 2.88. The third-order valence-electron chi connectivity index (χ3n) is 2.29. The van der Waals surface area contributed by atoms with E-state index in [1.165, 1.54) is 0 Å². The van der Waals surface area contributed by atoms with Crippen LogP contribution >= 0.6 is 0 Å². The van der Waals surface area contributed by atoms with Crippen molar-refractivity contribution in [2.75, 3.05) is 6.26 Å². The van der Waals surface area contributed by atoms with Crippen molar-refractivity contribution in [1.29, 1.82) is 0 Å². The smallest absolute Gasteiger partial charge is 0.294 e. The lowest BCUT2D eigenvalue weighted by atomic mass is 9.94. The zero-order chi connectivity index (χ0) is 11.5. The van der Waals surface area contributed by atoms with Crippen LogP contribution in [0.2, 0.25) is 0 Å². The summed E-state index contributed by atoms with van der Waals surface area (Å²) in [7, 11) is -3.19. The van der Waals surface area contributed by atoms with Crippen LogP contribution < -0.4 is 4.72 Å². The maximum Gasteiger partial charge on any atom is 0.294 e. The number of hydrogen-bond acceptors (Lipinski definition) is 5. The zero-order valence-corrected chi connectivity index (χ0v) is 9.20. The van der Waals surface area contributed by atoms with Crippen LogP contribution in [0.15, 0.2) is 0 Å². The molecule has 1 aliphatic rings. The van der Waals surface area contributed by atoms with Crippen molar-refractivity contribution in [3.63, 3.8) is 0 Å². The fourth-order valence-corrected chi connectivity index (χ4v) is 2.55. The van der Waals surface area contributed by atoms with E-state index in [1.807, 2.05) is 0 Å². The third kappa shape index (κ3) is 4.93. The topological polar surface area (TPSA) is 98.5 Å². The van der Waals surface area contributed by atoms with Crippen LogP contribution in [0.4, 0.5) is 0 Å². The minimum atomic E-state index is -3.19. The number of nitrogens with one attached hydrogen (secondary N) is 1. The van der Waals surface area contributed by atoms with E-state index in [4.69, 9.17) is 0 Å². The maximum absolute atomic E-state index is 10.9. The molecule has 15 heavy (non-hydrogen) atoms. The minimum Gasteiger partial charge on any atom is -0.311 e. The van der Waals surface area contributed by atoms with Crippen molar-refractivity contribution < 1.29 is 18.3 Å². The van der Waals surface area contributed by atoms with Crippen molar-refractivity contribution in [1.82, 2.24) is 4.72 Å². The fourth-order valence-electron chi connectivity index (χ4n) is 1.71. The molecule has 0 aromatic heterocycles. The average Bonchev–Trinajstić information content (AvgIpc) is 2.05. The van der Waals surface area contributed by atoms with Gasteiger partial charge in [-0.25, -0.2) is 13.1 Å². The van der Waals surface area contributed by atoms with Gasteiger partial charge in [0.15, 0.2) is 0 Å². The molecule has 0 spiro atoms. The van der Waals surface area contributed by atoms with Crippen LogP contribution in [0.1, 0.15) is 25.7 Å². The number of rotatable bonds is 4. The van der Waals surface area contributed by atoms with Crippen molar-refractivity contribution in [2.45, 2.75) is 37.8 Å². The summed E-state index contributed by atoms with van der Waals surface area (Å²) in [6, 6.07) is -0.119. The largest absolute Gasteiger partial charge is 0.311 e. The highest BCUT2D eigenvalue weighted by atomic mass is 32.2. The Kier molecular flexibility index (Phi) is 3.86. The molecule has 88 valence electrons. The first kappa shape index (κ1) is 12.2. The maximum atomic E-state index is 10.9. The first-order chi connectivity index (χ1) is 6.87. The SMILES string of the molecule is CS(=O)(=O)NC1CCC(O[N+](=O)[O-])CC1. The lowest BCUT2D eigenvalue weighted by Crippen LogP contribution is -2.38. The van der Waals surface area contributed by atoms with E-state index in [9.17, 15) is 18.5 Å². The molecular formula is C7H14N2O5S. The van der Waals surface area contributed by atoms with E-state index in [-0.39, 0.29) is 6.04 Å². The van der Waals surface area contributed by atoms with E-state index in [2.05, 4.69) is 9.56 Å². The summed E-state index contributed by atoms with van der Waals surface area (Å²) in [5.74, 6) is 0. The summed E-state index contributed by atoms with van der Waals surface area (Å²) < 4.78 is 24.3. The van der Waals surface area contributed by atoms with Gasteiger partial charge in [0.2, 0.25) is 10.0 Å². The van der Waals surface area contributed by atoms with Crippen LogP contribution in [-0.2, 0) is 14.9 Å². The van der Waals surface area contributed by atoms with Gasteiger partial charge < -0.3 is 4.84 Å². The molecule has 0 aliphatic heterocycles. The number of sulfonamides is 1. The van der Waals surface area contributed by atoms with Crippen LogP contribution in [0, 0.1) is 10.1 Å². The summed E-state index contributed by atoms with van der Waals surface area (Å²) in [5.41, 5.74) is 0. The van der Waals surface area contributed by atoms with Gasteiger partial charge in [-0.15, -0.1) is 10.1 Å². The molecule has 1 rings (SSSR count). The van der Waals surface area contributed by atoms with Crippen molar-refractivity contribution in [3.05, 3.63) is 10.1 Å². The second-order valence-electron chi connectivity index (χ2n) is 3.69. The predicted octanol–water partition coefficient (Wildman–Crippen LogP) is 0.0551. The minimum absolute atomic E-state index is 0.119. The highest BCUT2D eigenvalue weighted by Gasteiger charge is 2.25. The van der Waals surface area contributed by atoms with Crippen molar-refractivity contribution in [3.8, 4) is 0 Å². The fraction of sp³-hybridized carbons (Fsp3) is 1.00. The van der Waals surface area contributed by atoms with Gasteiger partial charge in [-0.1, -0.05) is 0 Å². The molecule has 0 amide bonds. The van der Waals surface area contributed by atoms with Crippen molar-refractivity contribution >= 4 is 10.0 Å². The Morgan fingerprint density at radius 3 is 2.27 bits per heavy atom. The third-order valence-corrected chi connectivity index (χ3v) is 3.05. The van der Waals surface area contributed by atoms with Gasteiger partial charge in [0, 0.05) is 6.04 Å². The molecule has 0 radical (unpaired) electrons. The standard InChI is InChI=1S/C7H14N2O5S/c1-15(12,13)8-6-2-4-7(5-3-6)14-9(10)11/h6-8H,2-5H2,1H3. The monoisotopic (exact) mass is 238 g/mol. The van der Waals surface area contributed by atoms with Gasteiger partial charge in [0.1, 0.15) is 6.10 Å². The van der Waals surface area contributed by atoms with Gasteiger partial charge in [-0.2, -0.15) is 0 Å². The molecule has 0 aromatic rings. The van der Waals surface area contributed by atoms with E-state index < -0.39 is 21.2 Å². The second kappa shape index (κ2) is 4.75. The Balaban J connectivity index is 2.33. The second-order valence-corrected chi connectivity index (χ2v) is 5.47. The van der Waals surface area contributed by atoms with Gasteiger partial charge in [-0.3, -0.25) is 0 Å². The van der Waals surface area contributed by atoms with Gasteiger partial charge in [-0.05, 0) is 25.7 Å². The molecule has 0 saturated heterocycles. The Hall–Kier alpha value is -0.890. The lowest BCUT2D eigenvalue weighted by Gasteiger charge is -2.26. The molecule has 0 unspecified atom stereocenters. The van der Waals surface area contributed by atoms with Crippen LogP contribution in [0.3, 0.4) is 0 Å². The molecule has 0 aromatic carbocycles. The summed E-state index contributed by atoms with van der Waals surface area (Å²) in [6.45, 7) is 0. The lowest BCUT2D eigenvalue weighted by molar-refractivity contribution is -0.769. The van der Waals surface area contributed by atoms with Crippen LogP contribution in [-0.4, -0.2) is 31.9 Å². The normalized spacial score (nSPS) is 27.3. The van der Waals surface area contributed by atoms with Crippen LogP contribution in [0.25, 0.3) is 0 Å².